The molecule has 2 N–H and O–H groups in total. The maximum Gasteiger partial charge on any atom is 0.197 e. The molecule has 1 aliphatic rings. The molecule has 0 aliphatic carbocycles. The van der Waals surface area contributed by atoms with Crippen LogP contribution in [0, 0.1) is 6.92 Å². The van der Waals surface area contributed by atoms with Gasteiger partial charge >= 0.3 is 0 Å². The molecule has 0 saturated carbocycles. The Balaban J connectivity index is 2.02. The number of ether oxygens (including phenoxy) is 1. The average Bonchev–Trinajstić information content (AvgIpc) is 2.60. The Labute approximate surface area is 176 Å². The lowest BCUT2D eigenvalue weighted by molar-refractivity contribution is -0.0384. The standard InChI is InChI=1S/C26H38O3/c1-17(2)9-7-10-18(3)11-8-12-19(4)13-14-22-23(27)15-20(5)25-21(6)16-24(28)29-26(22)25/h9,11,13,15,21,24,27-28H,7-8,10,12,14,16H2,1-6H3/b18-11+,19-13+/t21-,24-/m1/s1. The largest absolute Gasteiger partial charge is 0.508 e. The SMILES string of the molecule is CC(C)=CCC/C(C)=C/CC/C(C)=C/Cc1c(O)cc(C)c2c1O[C@@H](O)C[C@H]2C. The summed E-state index contributed by atoms with van der Waals surface area (Å²) in [6.07, 6.45) is 11.5. The van der Waals surface area contributed by atoms with Gasteiger partial charge in [0.1, 0.15) is 11.5 Å². The summed E-state index contributed by atoms with van der Waals surface area (Å²) in [5.41, 5.74) is 7.04. The van der Waals surface area contributed by atoms with Gasteiger partial charge < -0.3 is 14.9 Å². The van der Waals surface area contributed by atoms with Crippen LogP contribution < -0.4 is 4.74 Å². The summed E-state index contributed by atoms with van der Waals surface area (Å²) >= 11 is 0. The van der Waals surface area contributed by atoms with Crippen LogP contribution in [0.1, 0.15) is 89.3 Å². The van der Waals surface area contributed by atoms with Crippen molar-refractivity contribution in [3.05, 3.63) is 57.7 Å². The molecule has 0 saturated heterocycles. The van der Waals surface area contributed by atoms with Crippen LogP contribution in [0.3, 0.4) is 0 Å². The third kappa shape index (κ3) is 6.78. The van der Waals surface area contributed by atoms with E-state index in [9.17, 15) is 10.2 Å². The predicted molar refractivity (Wildman–Crippen MR) is 122 cm³/mol. The molecular weight excluding hydrogens is 360 g/mol. The number of hydrogen-bond donors (Lipinski definition) is 2. The highest BCUT2D eigenvalue weighted by Gasteiger charge is 2.29. The Morgan fingerprint density at radius 3 is 2.34 bits per heavy atom. The number of aromatic hydroxyl groups is 1. The molecular formula is C26H38O3. The number of benzene rings is 1. The third-order valence-electron chi connectivity index (χ3n) is 5.69. The number of aryl methyl sites for hydroxylation is 1. The Hall–Kier alpha value is -2.00. The molecule has 0 unspecified atom stereocenters. The molecule has 0 radical (unpaired) electrons. The van der Waals surface area contributed by atoms with E-state index in [1.165, 1.54) is 16.7 Å². The van der Waals surface area contributed by atoms with Gasteiger partial charge in [0.25, 0.3) is 0 Å². The van der Waals surface area contributed by atoms with Crippen LogP contribution in [0.15, 0.2) is 41.0 Å². The molecule has 29 heavy (non-hydrogen) atoms. The summed E-state index contributed by atoms with van der Waals surface area (Å²) in [6, 6.07) is 1.83. The topological polar surface area (TPSA) is 49.7 Å². The lowest BCUT2D eigenvalue weighted by Gasteiger charge is -2.30. The molecule has 1 aromatic rings. The summed E-state index contributed by atoms with van der Waals surface area (Å²) in [5, 5.41) is 20.5. The minimum absolute atomic E-state index is 0.220. The number of allylic oxidation sites excluding steroid dienone is 6. The third-order valence-corrected chi connectivity index (χ3v) is 5.69. The van der Waals surface area contributed by atoms with E-state index in [4.69, 9.17) is 4.74 Å². The molecule has 0 amide bonds. The van der Waals surface area contributed by atoms with Crippen molar-refractivity contribution in [3.63, 3.8) is 0 Å². The van der Waals surface area contributed by atoms with Crippen LogP contribution >= 0.6 is 0 Å². The van der Waals surface area contributed by atoms with Gasteiger partial charge in [-0.2, -0.15) is 0 Å². The summed E-state index contributed by atoms with van der Waals surface area (Å²) < 4.78 is 5.75. The van der Waals surface area contributed by atoms with E-state index in [2.05, 4.69) is 52.8 Å². The van der Waals surface area contributed by atoms with Crippen molar-refractivity contribution in [3.8, 4) is 11.5 Å². The zero-order valence-corrected chi connectivity index (χ0v) is 19.0. The quantitative estimate of drug-likeness (QED) is 0.470. The normalized spacial score (nSPS) is 19.6. The first-order valence-electron chi connectivity index (χ1n) is 10.8. The molecule has 3 heteroatoms. The van der Waals surface area contributed by atoms with Gasteiger partial charge in [-0.15, -0.1) is 0 Å². The predicted octanol–water partition coefficient (Wildman–Crippen LogP) is 6.87. The molecule has 0 spiro atoms. The van der Waals surface area contributed by atoms with Crippen molar-refractivity contribution in [2.24, 2.45) is 0 Å². The van der Waals surface area contributed by atoms with Crippen molar-refractivity contribution in [1.29, 1.82) is 0 Å². The van der Waals surface area contributed by atoms with Gasteiger partial charge in [-0.25, -0.2) is 0 Å². The van der Waals surface area contributed by atoms with Gasteiger partial charge in [-0.1, -0.05) is 41.9 Å². The first kappa shape index (κ1) is 23.3. The van der Waals surface area contributed by atoms with E-state index in [-0.39, 0.29) is 11.7 Å². The average molecular weight is 399 g/mol. The van der Waals surface area contributed by atoms with Crippen molar-refractivity contribution in [2.75, 3.05) is 0 Å². The van der Waals surface area contributed by atoms with Crippen LogP contribution in [-0.4, -0.2) is 16.5 Å². The first-order valence-corrected chi connectivity index (χ1v) is 10.8. The summed E-state index contributed by atoms with van der Waals surface area (Å²) in [6.45, 7) is 12.7. The molecule has 1 aliphatic heterocycles. The van der Waals surface area contributed by atoms with Gasteiger partial charge in [0, 0.05) is 17.5 Å². The second kappa shape index (κ2) is 10.7. The number of aliphatic hydroxyl groups excluding tert-OH is 1. The molecule has 160 valence electrons. The molecule has 2 atom stereocenters. The zero-order chi connectivity index (χ0) is 21.6. The van der Waals surface area contributed by atoms with E-state index in [0.29, 0.717) is 18.6 Å². The minimum Gasteiger partial charge on any atom is -0.508 e. The summed E-state index contributed by atoms with van der Waals surface area (Å²) in [5.74, 6) is 1.15. The maximum absolute atomic E-state index is 10.5. The molecule has 1 heterocycles. The van der Waals surface area contributed by atoms with E-state index in [1.807, 2.05) is 13.0 Å². The Morgan fingerprint density at radius 1 is 1.07 bits per heavy atom. The van der Waals surface area contributed by atoms with Crippen LogP contribution in [0.4, 0.5) is 0 Å². The van der Waals surface area contributed by atoms with E-state index in [1.54, 1.807) is 0 Å². The number of rotatable bonds is 8. The van der Waals surface area contributed by atoms with Crippen LogP contribution in [0.25, 0.3) is 0 Å². The van der Waals surface area contributed by atoms with Crippen molar-refractivity contribution in [2.45, 2.75) is 92.3 Å². The Morgan fingerprint density at radius 2 is 1.69 bits per heavy atom. The monoisotopic (exact) mass is 398 g/mol. The minimum atomic E-state index is -0.804. The molecule has 0 fully saturated rings. The maximum atomic E-state index is 10.5. The van der Waals surface area contributed by atoms with Gasteiger partial charge in [0.05, 0.1) is 0 Å². The fraction of sp³-hybridized carbons (Fsp3) is 0.538. The highest BCUT2D eigenvalue weighted by atomic mass is 16.6. The Bertz CT molecular complexity index is 795. The van der Waals surface area contributed by atoms with E-state index >= 15 is 0 Å². The zero-order valence-electron chi connectivity index (χ0n) is 19.0. The molecule has 0 bridgehead atoms. The van der Waals surface area contributed by atoms with Gasteiger partial charge in [-0.3, -0.25) is 0 Å². The van der Waals surface area contributed by atoms with Crippen molar-refractivity contribution >= 4 is 0 Å². The smallest absolute Gasteiger partial charge is 0.197 e. The number of hydrogen-bond acceptors (Lipinski definition) is 3. The van der Waals surface area contributed by atoms with Crippen LogP contribution in [0.5, 0.6) is 11.5 Å². The van der Waals surface area contributed by atoms with Gasteiger partial charge in [0.2, 0.25) is 0 Å². The molecule has 2 rings (SSSR count). The van der Waals surface area contributed by atoms with Gasteiger partial charge in [0.15, 0.2) is 6.29 Å². The summed E-state index contributed by atoms with van der Waals surface area (Å²) in [7, 11) is 0. The number of phenols is 1. The van der Waals surface area contributed by atoms with E-state index in [0.717, 1.165) is 42.4 Å². The second-order valence-electron chi connectivity index (χ2n) is 8.81. The van der Waals surface area contributed by atoms with Crippen LogP contribution in [0.2, 0.25) is 0 Å². The number of phenolic OH excluding ortho intramolecular Hbond substituents is 1. The van der Waals surface area contributed by atoms with Crippen LogP contribution in [-0.2, 0) is 6.42 Å². The molecule has 1 aromatic carbocycles. The first-order chi connectivity index (χ1) is 13.7. The highest BCUT2D eigenvalue weighted by Crippen LogP contribution is 2.44. The van der Waals surface area contributed by atoms with Crippen molar-refractivity contribution in [1.82, 2.24) is 0 Å². The Kier molecular flexibility index (Phi) is 8.58. The second-order valence-corrected chi connectivity index (χ2v) is 8.81. The number of fused-ring (bicyclic) bond motifs is 1. The lowest BCUT2D eigenvalue weighted by Crippen LogP contribution is -2.25. The van der Waals surface area contributed by atoms with Crippen molar-refractivity contribution < 1.29 is 14.9 Å². The summed E-state index contributed by atoms with van der Waals surface area (Å²) in [4.78, 5) is 0. The highest BCUT2D eigenvalue weighted by molar-refractivity contribution is 5.56. The van der Waals surface area contributed by atoms with Gasteiger partial charge in [-0.05, 0) is 84.3 Å². The molecule has 0 aromatic heterocycles. The van der Waals surface area contributed by atoms with E-state index < -0.39 is 6.29 Å². The fourth-order valence-corrected chi connectivity index (χ4v) is 3.99. The molecule has 3 nitrogen and oxygen atoms in total. The lowest BCUT2D eigenvalue weighted by atomic mass is 9.87. The fourth-order valence-electron chi connectivity index (χ4n) is 3.99. The number of aliphatic hydroxyl groups is 1.